The van der Waals surface area contributed by atoms with Gasteiger partial charge in [0.15, 0.2) is 11.0 Å². The number of aryl methyl sites for hydroxylation is 1. The lowest BCUT2D eigenvalue weighted by atomic mass is 10.2. The first-order valence-electron chi connectivity index (χ1n) is 10.4. The molecule has 0 saturated carbocycles. The Kier molecular flexibility index (Phi) is 5.93. The van der Waals surface area contributed by atoms with Gasteiger partial charge in [0.1, 0.15) is 5.01 Å². The third-order valence-corrected chi connectivity index (χ3v) is 7.25. The number of rotatable bonds is 6. The van der Waals surface area contributed by atoms with Crippen molar-refractivity contribution in [2.75, 3.05) is 11.1 Å². The summed E-state index contributed by atoms with van der Waals surface area (Å²) < 4.78 is 3.08. The third-order valence-electron chi connectivity index (χ3n) is 5.16. The lowest BCUT2D eigenvalue weighted by Gasteiger charge is -2.06. The van der Waals surface area contributed by atoms with Crippen LogP contribution < -0.4 is 5.32 Å². The number of benzene rings is 3. The normalized spacial score (nSPS) is 11.1. The molecular weight excluding hydrogens is 450 g/mol. The number of hydrogen-bond acceptors (Lipinski definition) is 6. The van der Waals surface area contributed by atoms with E-state index in [9.17, 15) is 4.79 Å². The number of anilines is 1. The number of nitrogens with one attached hydrogen (secondary N) is 1. The standard InChI is InChI=1S/C25H21N5OS2/c1-16-8-13-20-21(14-16)33-24(27-20)18-9-11-19(12-10-18)26-22(31)15-32-25-29-28-23(30(25)2)17-6-4-3-5-7-17/h3-14H,15H2,1-2H3,(H,26,31). The molecule has 0 aliphatic heterocycles. The zero-order valence-electron chi connectivity index (χ0n) is 18.1. The van der Waals surface area contributed by atoms with Crippen LogP contribution in [0.1, 0.15) is 5.56 Å². The topological polar surface area (TPSA) is 72.7 Å². The molecule has 3 aromatic carbocycles. The molecule has 2 aromatic heterocycles. The Hall–Kier alpha value is -3.49. The lowest BCUT2D eigenvalue weighted by molar-refractivity contribution is -0.113. The van der Waals surface area contributed by atoms with Gasteiger partial charge in [-0.25, -0.2) is 4.98 Å². The summed E-state index contributed by atoms with van der Waals surface area (Å²) >= 11 is 3.04. The van der Waals surface area contributed by atoms with Crippen LogP contribution in [0.4, 0.5) is 5.69 Å². The van der Waals surface area contributed by atoms with Gasteiger partial charge in [0, 0.05) is 23.9 Å². The quantitative estimate of drug-likeness (QED) is 0.317. The van der Waals surface area contributed by atoms with Crippen LogP contribution in [0.15, 0.2) is 78.0 Å². The maximum Gasteiger partial charge on any atom is 0.234 e. The van der Waals surface area contributed by atoms with Crippen molar-refractivity contribution in [3.63, 3.8) is 0 Å². The number of fused-ring (bicyclic) bond motifs is 1. The number of nitrogens with zero attached hydrogens (tertiary/aromatic N) is 4. The van der Waals surface area contributed by atoms with Crippen molar-refractivity contribution in [2.24, 2.45) is 7.05 Å². The van der Waals surface area contributed by atoms with E-state index in [1.165, 1.54) is 22.0 Å². The first kappa shape index (κ1) is 21.4. The molecule has 164 valence electrons. The van der Waals surface area contributed by atoms with Crippen molar-refractivity contribution in [1.82, 2.24) is 19.7 Å². The molecule has 5 rings (SSSR count). The molecule has 8 heteroatoms. The summed E-state index contributed by atoms with van der Waals surface area (Å²) in [7, 11) is 1.91. The fraction of sp³-hybridized carbons (Fsp3) is 0.120. The SMILES string of the molecule is Cc1ccc2nc(-c3ccc(NC(=O)CSc4nnc(-c5ccccc5)n4C)cc3)sc2c1. The van der Waals surface area contributed by atoms with Crippen molar-refractivity contribution in [1.29, 1.82) is 0 Å². The zero-order chi connectivity index (χ0) is 22.8. The van der Waals surface area contributed by atoms with Gasteiger partial charge in [-0.2, -0.15) is 0 Å². The second kappa shape index (κ2) is 9.17. The van der Waals surface area contributed by atoms with Crippen LogP contribution in [-0.2, 0) is 11.8 Å². The Labute approximate surface area is 199 Å². The summed E-state index contributed by atoms with van der Waals surface area (Å²) in [5, 5.41) is 13.1. The molecule has 0 fully saturated rings. The predicted octanol–water partition coefficient (Wildman–Crippen LogP) is 5.80. The molecule has 5 aromatic rings. The highest BCUT2D eigenvalue weighted by molar-refractivity contribution is 7.99. The van der Waals surface area contributed by atoms with Gasteiger partial charge in [-0.15, -0.1) is 21.5 Å². The summed E-state index contributed by atoms with van der Waals surface area (Å²) in [6.07, 6.45) is 0. The average Bonchev–Trinajstić information content (AvgIpc) is 3.41. The molecule has 0 radical (unpaired) electrons. The summed E-state index contributed by atoms with van der Waals surface area (Å²) in [5.41, 5.74) is 5.02. The highest BCUT2D eigenvalue weighted by Crippen LogP contribution is 2.31. The molecule has 0 aliphatic carbocycles. The summed E-state index contributed by atoms with van der Waals surface area (Å²) in [4.78, 5) is 17.2. The van der Waals surface area contributed by atoms with E-state index in [0.717, 1.165) is 33.2 Å². The summed E-state index contributed by atoms with van der Waals surface area (Å²) in [6, 6.07) is 24.0. The molecule has 2 heterocycles. The number of carbonyl (C=O) groups is 1. The Morgan fingerprint density at radius 1 is 1.00 bits per heavy atom. The van der Waals surface area contributed by atoms with Gasteiger partial charge in [0.25, 0.3) is 0 Å². The smallest absolute Gasteiger partial charge is 0.234 e. The fourth-order valence-electron chi connectivity index (χ4n) is 3.46. The van der Waals surface area contributed by atoms with Crippen LogP contribution in [0, 0.1) is 6.92 Å². The van der Waals surface area contributed by atoms with Gasteiger partial charge in [-0.3, -0.25) is 4.79 Å². The largest absolute Gasteiger partial charge is 0.325 e. The monoisotopic (exact) mass is 471 g/mol. The molecule has 0 aliphatic rings. The lowest BCUT2D eigenvalue weighted by Crippen LogP contribution is -2.14. The number of thioether (sulfide) groups is 1. The number of aromatic nitrogens is 4. The average molecular weight is 472 g/mol. The van der Waals surface area contributed by atoms with Crippen molar-refractivity contribution < 1.29 is 4.79 Å². The van der Waals surface area contributed by atoms with Crippen molar-refractivity contribution in [3.05, 3.63) is 78.4 Å². The first-order valence-corrected chi connectivity index (χ1v) is 12.2. The van der Waals surface area contributed by atoms with Crippen molar-refractivity contribution in [2.45, 2.75) is 12.1 Å². The number of thiazole rings is 1. The van der Waals surface area contributed by atoms with Crippen LogP contribution in [0.5, 0.6) is 0 Å². The molecule has 0 unspecified atom stereocenters. The predicted molar refractivity (Wildman–Crippen MR) is 136 cm³/mol. The van der Waals surface area contributed by atoms with Crippen LogP contribution in [0.25, 0.3) is 32.2 Å². The van der Waals surface area contributed by atoms with E-state index in [1.807, 2.05) is 66.2 Å². The molecule has 0 bridgehead atoms. The van der Waals surface area contributed by atoms with E-state index in [0.29, 0.717) is 5.16 Å². The molecular formula is C25H21N5OS2. The van der Waals surface area contributed by atoms with E-state index in [1.54, 1.807) is 11.3 Å². The molecule has 33 heavy (non-hydrogen) atoms. The van der Waals surface area contributed by atoms with Crippen LogP contribution in [0.3, 0.4) is 0 Å². The van der Waals surface area contributed by atoms with Gasteiger partial charge in [0.2, 0.25) is 5.91 Å². The van der Waals surface area contributed by atoms with E-state index < -0.39 is 0 Å². The minimum Gasteiger partial charge on any atom is -0.325 e. The Morgan fingerprint density at radius 2 is 1.79 bits per heavy atom. The van der Waals surface area contributed by atoms with Crippen LogP contribution in [-0.4, -0.2) is 31.4 Å². The zero-order valence-corrected chi connectivity index (χ0v) is 19.8. The Morgan fingerprint density at radius 3 is 2.58 bits per heavy atom. The molecule has 0 spiro atoms. The minimum atomic E-state index is -0.0903. The van der Waals surface area contributed by atoms with Gasteiger partial charge in [0.05, 0.1) is 16.0 Å². The maximum atomic E-state index is 12.5. The van der Waals surface area contributed by atoms with Gasteiger partial charge in [-0.1, -0.05) is 48.2 Å². The summed E-state index contributed by atoms with van der Waals surface area (Å²) in [5.74, 6) is 0.936. The highest BCUT2D eigenvalue weighted by atomic mass is 32.2. The van der Waals surface area contributed by atoms with E-state index in [-0.39, 0.29) is 11.7 Å². The number of carbonyl (C=O) groups excluding carboxylic acids is 1. The van der Waals surface area contributed by atoms with E-state index in [4.69, 9.17) is 4.98 Å². The Balaban J connectivity index is 1.21. The molecule has 1 N–H and O–H groups in total. The Bertz CT molecular complexity index is 1420. The third kappa shape index (κ3) is 4.67. The molecule has 6 nitrogen and oxygen atoms in total. The van der Waals surface area contributed by atoms with E-state index in [2.05, 4.69) is 40.6 Å². The van der Waals surface area contributed by atoms with Gasteiger partial charge >= 0.3 is 0 Å². The highest BCUT2D eigenvalue weighted by Gasteiger charge is 2.13. The van der Waals surface area contributed by atoms with Crippen molar-refractivity contribution >= 4 is 44.9 Å². The second-order valence-electron chi connectivity index (χ2n) is 7.64. The van der Waals surface area contributed by atoms with Gasteiger partial charge in [-0.05, 0) is 48.9 Å². The fourth-order valence-corrected chi connectivity index (χ4v) is 5.24. The van der Waals surface area contributed by atoms with Crippen LogP contribution >= 0.6 is 23.1 Å². The van der Waals surface area contributed by atoms with E-state index >= 15 is 0 Å². The number of amides is 1. The minimum absolute atomic E-state index is 0.0903. The van der Waals surface area contributed by atoms with Gasteiger partial charge < -0.3 is 9.88 Å². The number of hydrogen-bond donors (Lipinski definition) is 1. The second-order valence-corrected chi connectivity index (χ2v) is 9.61. The maximum absolute atomic E-state index is 12.5. The van der Waals surface area contributed by atoms with Crippen LogP contribution in [0.2, 0.25) is 0 Å². The first-order chi connectivity index (χ1) is 16.1. The molecule has 1 amide bonds. The summed E-state index contributed by atoms with van der Waals surface area (Å²) in [6.45, 7) is 2.08. The van der Waals surface area contributed by atoms with Crippen molar-refractivity contribution in [3.8, 4) is 22.0 Å². The molecule has 0 saturated heterocycles. The molecule has 0 atom stereocenters.